The van der Waals surface area contributed by atoms with Crippen LogP contribution in [0.2, 0.25) is 0 Å². The second kappa shape index (κ2) is 6.55. The van der Waals surface area contributed by atoms with Gasteiger partial charge < -0.3 is 4.90 Å². The fraction of sp³-hybridized carbons (Fsp3) is 0.417. The number of benzene rings is 1. The molecule has 0 spiro atoms. The summed E-state index contributed by atoms with van der Waals surface area (Å²) in [5, 5.41) is 0. The monoisotopic (exact) mass is 261 g/mol. The molecule has 0 aliphatic carbocycles. The summed E-state index contributed by atoms with van der Waals surface area (Å²) in [6.07, 6.45) is 0.736. The van der Waals surface area contributed by atoms with E-state index < -0.39 is 17.5 Å². The highest BCUT2D eigenvalue weighted by atomic mass is 35.5. The molecule has 0 atom stereocenters. The Bertz CT molecular complexity index is 392. The minimum Gasteiger partial charge on any atom is -0.337 e. The van der Waals surface area contributed by atoms with Gasteiger partial charge in [0.2, 0.25) is 0 Å². The fourth-order valence-electron chi connectivity index (χ4n) is 1.53. The molecule has 1 aromatic carbocycles. The van der Waals surface area contributed by atoms with Crippen LogP contribution in [0.25, 0.3) is 0 Å². The lowest BCUT2D eigenvalue weighted by atomic mass is 10.1. The molecular weight excluding hydrogens is 248 g/mol. The van der Waals surface area contributed by atoms with E-state index in [2.05, 4.69) is 0 Å². The minimum atomic E-state index is -1.10. The second-order valence-electron chi connectivity index (χ2n) is 3.58. The smallest absolute Gasteiger partial charge is 0.256 e. The van der Waals surface area contributed by atoms with E-state index in [1.807, 2.05) is 6.92 Å². The first-order valence-electron chi connectivity index (χ1n) is 5.41. The predicted molar refractivity (Wildman–Crippen MR) is 63.3 cm³/mol. The van der Waals surface area contributed by atoms with Crippen LogP contribution >= 0.6 is 11.6 Å². The maximum atomic E-state index is 13.4. The molecule has 1 rings (SSSR count). The first-order valence-corrected chi connectivity index (χ1v) is 5.94. The standard InChI is InChI=1S/C12H14ClF2NO/c1-2-7-16(8-6-13)12(17)9-4-3-5-10(14)11(9)15/h3-5H,2,6-8H2,1H3. The van der Waals surface area contributed by atoms with Crippen molar-refractivity contribution in [2.45, 2.75) is 13.3 Å². The van der Waals surface area contributed by atoms with Crippen molar-refractivity contribution in [3.8, 4) is 0 Å². The Morgan fingerprint density at radius 2 is 2.06 bits per heavy atom. The van der Waals surface area contributed by atoms with Gasteiger partial charge in [-0.25, -0.2) is 8.78 Å². The van der Waals surface area contributed by atoms with Gasteiger partial charge in [-0.05, 0) is 18.6 Å². The molecule has 0 aliphatic heterocycles. The van der Waals surface area contributed by atoms with Crippen LogP contribution in [-0.4, -0.2) is 29.8 Å². The molecule has 0 heterocycles. The molecule has 0 radical (unpaired) electrons. The summed E-state index contributed by atoms with van der Waals surface area (Å²) in [6.45, 7) is 2.70. The molecule has 0 N–H and O–H groups in total. The Kier molecular flexibility index (Phi) is 5.35. The zero-order valence-electron chi connectivity index (χ0n) is 9.55. The number of nitrogens with zero attached hydrogens (tertiary/aromatic N) is 1. The van der Waals surface area contributed by atoms with Crippen LogP contribution in [0.1, 0.15) is 23.7 Å². The van der Waals surface area contributed by atoms with E-state index >= 15 is 0 Å². The van der Waals surface area contributed by atoms with E-state index in [9.17, 15) is 13.6 Å². The summed E-state index contributed by atoms with van der Waals surface area (Å²) in [5.74, 6) is -2.38. The molecule has 1 amide bonds. The number of alkyl halides is 1. The Hall–Kier alpha value is -1.16. The van der Waals surface area contributed by atoms with Crippen LogP contribution in [0.4, 0.5) is 8.78 Å². The summed E-state index contributed by atoms with van der Waals surface area (Å²) < 4.78 is 26.4. The molecule has 17 heavy (non-hydrogen) atoms. The summed E-state index contributed by atoms with van der Waals surface area (Å²) >= 11 is 5.57. The van der Waals surface area contributed by atoms with Gasteiger partial charge in [-0.2, -0.15) is 0 Å². The van der Waals surface area contributed by atoms with Gasteiger partial charge in [-0.15, -0.1) is 11.6 Å². The molecule has 2 nitrogen and oxygen atoms in total. The third-order valence-corrected chi connectivity index (χ3v) is 2.49. The quantitative estimate of drug-likeness (QED) is 0.746. The number of carbonyl (C=O) groups is 1. The molecule has 0 aromatic heterocycles. The Labute approximate surface area is 104 Å². The summed E-state index contributed by atoms with van der Waals surface area (Å²) in [5.41, 5.74) is -0.247. The highest BCUT2D eigenvalue weighted by Crippen LogP contribution is 2.14. The third kappa shape index (κ3) is 3.40. The number of carbonyl (C=O) groups excluding carboxylic acids is 1. The molecule has 0 saturated heterocycles. The van der Waals surface area contributed by atoms with Crippen molar-refractivity contribution < 1.29 is 13.6 Å². The zero-order valence-corrected chi connectivity index (χ0v) is 10.3. The van der Waals surface area contributed by atoms with E-state index in [0.29, 0.717) is 13.1 Å². The van der Waals surface area contributed by atoms with Crippen molar-refractivity contribution in [2.24, 2.45) is 0 Å². The first-order chi connectivity index (χ1) is 8.11. The van der Waals surface area contributed by atoms with Crippen molar-refractivity contribution in [3.05, 3.63) is 35.4 Å². The molecule has 0 bridgehead atoms. The summed E-state index contributed by atoms with van der Waals surface area (Å²) in [7, 11) is 0. The third-order valence-electron chi connectivity index (χ3n) is 2.32. The van der Waals surface area contributed by atoms with Crippen LogP contribution in [0.3, 0.4) is 0 Å². The second-order valence-corrected chi connectivity index (χ2v) is 3.96. The molecule has 0 saturated carbocycles. The molecule has 0 fully saturated rings. The van der Waals surface area contributed by atoms with Crippen LogP contribution in [0.15, 0.2) is 18.2 Å². The molecule has 94 valence electrons. The van der Waals surface area contributed by atoms with Gasteiger partial charge in [0.25, 0.3) is 5.91 Å². The average Bonchev–Trinajstić information content (AvgIpc) is 2.31. The SMILES string of the molecule is CCCN(CCCl)C(=O)c1cccc(F)c1F. The van der Waals surface area contributed by atoms with Crippen LogP contribution in [-0.2, 0) is 0 Å². The van der Waals surface area contributed by atoms with E-state index in [0.717, 1.165) is 12.5 Å². The molecule has 1 aromatic rings. The lowest BCUT2D eigenvalue weighted by molar-refractivity contribution is 0.0759. The summed E-state index contributed by atoms with van der Waals surface area (Å²) in [6, 6.07) is 3.58. The molecule has 5 heteroatoms. The number of halogens is 3. The van der Waals surface area contributed by atoms with Gasteiger partial charge >= 0.3 is 0 Å². The molecular formula is C12H14ClF2NO. The first kappa shape index (κ1) is 13.9. The van der Waals surface area contributed by atoms with Crippen molar-refractivity contribution >= 4 is 17.5 Å². The maximum Gasteiger partial charge on any atom is 0.256 e. The van der Waals surface area contributed by atoms with Gasteiger partial charge in [-0.1, -0.05) is 13.0 Å². The number of hydrogen-bond acceptors (Lipinski definition) is 1. The Balaban J connectivity index is 2.96. The van der Waals surface area contributed by atoms with Crippen LogP contribution in [0, 0.1) is 11.6 Å². The minimum absolute atomic E-state index is 0.247. The van der Waals surface area contributed by atoms with Crippen LogP contribution in [0.5, 0.6) is 0 Å². The lowest BCUT2D eigenvalue weighted by Crippen LogP contribution is -2.34. The largest absolute Gasteiger partial charge is 0.337 e. The van der Waals surface area contributed by atoms with E-state index in [4.69, 9.17) is 11.6 Å². The Morgan fingerprint density at radius 1 is 1.35 bits per heavy atom. The van der Waals surface area contributed by atoms with Crippen molar-refractivity contribution in [1.82, 2.24) is 4.90 Å². The van der Waals surface area contributed by atoms with E-state index in [1.165, 1.54) is 17.0 Å². The number of rotatable bonds is 5. The van der Waals surface area contributed by atoms with Gasteiger partial charge in [-0.3, -0.25) is 4.79 Å². The topological polar surface area (TPSA) is 20.3 Å². The van der Waals surface area contributed by atoms with Gasteiger partial charge in [0.15, 0.2) is 11.6 Å². The Morgan fingerprint density at radius 3 is 2.65 bits per heavy atom. The van der Waals surface area contributed by atoms with E-state index in [-0.39, 0.29) is 11.4 Å². The molecule has 0 aliphatic rings. The fourth-order valence-corrected chi connectivity index (χ4v) is 1.73. The van der Waals surface area contributed by atoms with Crippen LogP contribution < -0.4 is 0 Å². The van der Waals surface area contributed by atoms with Crippen molar-refractivity contribution in [2.75, 3.05) is 19.0 Å². The lowest BCUT2D eigenvalue weighted by Gasteiger charge is -2.21. The normalized spacial score (nSPS) is 10.4. The number of amides is 1. The average molecular weight is 262 g/mol. The molecule has 0 unspecified atom stereocenters. The van der Waals surface area contributed by atoms with Crippen molar-refractivity contribution in [3.63, 3.8) is 0 Å². The maximum absolute atomic E-state index is 13.4. The highest BCUT2D eigenvalue weighted by molar-refractivity contribution is 6.18. The van der Waals surface area contributed by atoms with Gasteiger partial charge in [0, 0.05) is 19.0 Å². The van der Waals surface area contributed by atoms with Gasteiger partial charge in [0.1, 0.15) is 0 Å². The summed E-state index contributed by atoms with van der Waals surface area (Å²) in [4.78, 5) is 13.4. The highest BCUT2D eigenvalue weighted by Gasteiger charge is 2.20. The van der Waals surface area contributed by atoms with Gasteiger partial charge in [0.05, 0.1) is 5.56 Å². The zero-order chi connectivity index (χ0) is 12.8. The van der Waals surface area contributed by atoms with E-state index in [1.54, 1.807) is 0 Å². The number of hydrogen-bond donors (Lipinski definition) is 0. The van der Waals surface area contributed by atoms with Crippen molar-refractivity contribution in [1.29, 1.82) is 0 Å². The predicted octanol–water partition coefficient (Wildman–Crippen LogP) is 3.06.